The zero-order valence-corrected chi connectivity index (χ0v) is 14.4. The fourth-order valence-electron chi connectivity index (χ4n) is 2.86. The zero-order valence-electron chi connectivity index (χ0n) is 13.6. The Bertz CT molecular complexity index is 612. The van der Waals surface area contributed by atoms with Gasteiger partial charge < -0.3 is 0 Å². The molecule has 0 aliphatic rings. The van der Waals surface area contributed by atoms with Crippen LogP contribution < -0.4 is 0 Å². The van der Waals surface area contributed by atoms with Crippen LogP contribution in [0, 0.1) is 6.92 Å². The van der Waals surface area contributed by atoms with Crippen LogP contribution >= 0.6 is 11.6 Å². The van der Waals surface area contributed by atoms with E-state index < -0.39 is 0 Å². The monoisotopic (exact) mass is 308 g/mol. The molecule has 0 saturated carbocycles. The van der Waals surface area contributed by atoms with Crippen LogP contribution in [0.15, 0.2) is 6.07 Å². The number of hydrogen-bond donors (Lipinski definition) is 0. The molecule has 2 heterocycles. The second-order valence-corrected chi connectivity index (χ2v) is 5.98. The molecule has 0 aromatic carbocycles. The molecule has 0 aliphatic heterocycles. The zero-order chi connectivity index (χ0) is 15.6. The van der Waals surface area contributed by atoms with E-state index in [-0.39, 0.29) is 5.38 Å². The molecule has 1 atom stereocenters. The largest absolute Gasteiger partial charge is 0.270 e. The average molecular weight is 309 g/mol. The van der Waals surface area contributed by atoms with Crippen molar-refractivity contribution in [3.05, 3.63) is 34.4 Å². The highest BCUT2D eigenvalue weighted by Gasteiger charge is 2.21. The summed E-state index contributed by atoms with van der Waals surface area (Å²) in [5.41, 5.74) is 5.84. The van der Waals surface area contributed by atoms with E-state index in [2.05, 4.69) is 36.6 Å². The number of halogens is 1. The molecule has 21 heavy (non-hydrogen) atoms. The molecule has 0 amide bonds. The normalized spacial score (nSPS) is 12.9. The van der Waals surface area contributed by atoms with E-state index in [0.717, 1.165) is 37.2 Å². The standard InChI is InChI=1S/C16H25ClN4/c1-6-13(17)16-14(7-2)19-21(15(16)8-3)10-12-9-11(4)18-20(12)5/h9,13H,6-8,10H2,1-5H3. The maximum atomic E-state index is 6.54. The van der Waals surface area contributed by atoms with Crippen molar-refractivity contribution in [3.8, 4) is 0 Å². The molecule has 0 saturated heterocycles. The average Bonchev–Trinajstić information content (AvgIpc) is 2.98. The molecule has 0 fully saturated rings. The SMILES string of the molecule is CCc1nn(Cc2cc(C)nn2C)c(CC)c1C(Cl)CC. The number of nitrogens with zero attached hydrogens (tertiary/aromatic N) is 4. The van der Waals surface area contributed by atoms with Crippen LogP contribution in [0.5, 0.6) is 0 Å². The highest BCUT2D eigenvalue weighted by molar-refractivity contribution is 6.21. The minimum absolute atomic E-state index is 0.0527. The predicted molar refractivity (Wildman–Crippen MR) is 86.9 cm³/mol. The lowest BCUT2D eigenvalue weighted by Crippen LogP contribution is -2.10. The number of hydrogen-bond acceptors (Lipinski definition) is 2. The molecule has 0 bridgehead atoms. The third-order valence-corrected chi connectivity index (χ3v) is 4.45. The van der Waals surface area contributed by atoms with E-state index in [4.69, 9.17) is 16.7 Å². The van der Waals surface area contributed by atoms with Crippen molar-refractivity contribution in [2.75, 3.05) is 0 Å². The van der Waals surface area contributed by atoms with E-state index >= 15 is 0 Å². The molecule has 2 aromatic heterocycles. The molecule has 0 radical (unpaired) electrons. The fraction of sp³-hybridized carbons (Fsp3) is 0.625. The number of alkyl halides is 1. The summed E-state index contributed by atoms with van der Waals surface area (Å²) >= 11 is 6.54. The van der Waals surface area contributed by atoms with Crippen molar-refractivity contribution in [2.45, 2.75) is 58.9 Å². The maximum absolute atomic E-state index is 6.54. The first-order valence-corrected chi connectivity index (χ1v) is 8.17. The van der Waals surface area contributed by atoms with Gasteiger partial charge in [0.1, 0.15) is 0 Å². The summed E-state index contributed by atoms with van der Waals surface area (Å²) in [6.07, 6.45) is 2.80. The third-order valence-electron chi connectivity index (χ3n) is 3.93. The van der Waals surface area contributed by atoms with Crippen molar-refractivity contribution in [2.24, 2.45) is 7.05 Å². The Morgan fingerprint density at radius 2 is 1.90 bits per heavy atom. The van der Waals surface area contributed by atoms with Crippen LogP contribution in [0.3, 0.4) is 0 Å². The van der Waals surface area contributed by atoms with E-state index in [1.807, 2.05) is 18.7 Å². The van der Waals surface area contributed by atoms with Crippen LogP contribution in [0.1, 0.15) is 60.9 Å². The molecule has 1 unspecified atom stereocenters. The topological polar surface area (TPSA) is 35.6 Å². The van der Waals surface area contributed by atoms with Crippen LogP contribution in [0.4, 0.5) is 0 Å². The Kier molecular flexibility index (Phi) is 5.09. The van der Waals surface area contributed by atoms with E-state index in [1.165, 1.54) is 17.0 Å². The van der Waals surface area contributed by atoms with E-state index in [1.54, 1.807) is 0 Å². The summed E-state index contributed by atoms with van der Waals surface area (Å²) in [5, 5.41) is 9.27. The number of rotatable bonds is 6. The fourth-order valence-corrected chi connectivity index (χ4v) is 3.11. The molecular formula is C16H25ClN4. The molecular weight excluding hydrogens is 284 g/mol. The molecule has 2 aromatic rings. The van der Waals surface area contributed by atoms with Crippen molar-refractivity contribution < 1.29 is 0 Å². The molecule has 116 valence electrons. The number of aromatic nitrogens is 4. The van der Waals surface area contributed by atoms with Crippen LogP contribution in [0.2, 0.25) is 0 Å². The lowest BCUT2D eigenvalue weighted by atomic mass is 10.0. The van der Waals surface area contributed by atoms with Crippen LogP contribution in [-0.4, -0.2) is 19.6 Å². The van der Waals surface area contributed by atoms with E-state index in [0.29, 0.717) is 0 Å². The van der Waals surface area contributed by atoms with Gasteiger partial charge in [-0.25, -0.2) is 0 Å². The summed E-state index contributed by atoms with van der Waals surface area (Å²) in [7, 11) is 1.98. The Morgan fingerprint density at radius 1 is 1.19 bits per heavy atom. The van der Waals surface area contributed by atoms with Gasteiger partial charge in [0.25, 0.3) is 0 Å². The highest BCUT2D eigenvalue weighted by Crippen LogP contribution is 2.31. The van der Waals surface area contributed by atoms with Crippen LogP contribution in [0.25, 0.3) is 0 Å². The van der Waals surface area contributed by atoms with Crippen molar-refractivity contribution in [1.82, 2.24) is 19.6 Å². The van der Waals surface area contributed by atoms with Gasteiger partial charge in [-0.1, -0.05) is 20.8 Å². The first-order chi connectivity index (χ1) is 10.0. The summed E-state index contributed by atoms with van der Waals surface area (Å²) in [6.45, 7) is 9.20. The molecule has 0 aliphatic carbocycles. The summed E-state index contributed by atoms with van der Waals surface area (Å²) in [4.78, 5) is 0. The van der Waals surface area contributed by atoms with Gasteiger partial charge in [-0.15, -0.1) is 11.6 Å². The van der Waals surface area contributed by atoms with Crippen molar-refractivity contribution in [3.63, 3.8) is 0 Å². The molecule has 0 spiro atoms. The van der Waals surface area contributed by atoms with Gasteiger partial charge in [-0.2, -0.15) is 10.2 Å². The molecule has 5 heteroatoms. The van der Waals surface area contributed by atoms with Gasteiger partial charge in [0, 0.05) is 18.3 Å². The van der Waals surface area contributed by atoms with Gasteiger partial charge in [0.15, 0.2) is 0 Å². The van der Waals surface area contributed by atoms with Gasteiger partial charge in [0.05, 0.1) is 29.0 Å². The smallest absolute Gasteiger partial charge is 0.0831 e. The summed E-state index contributed by atoms with van der Waals surface area (Å²) < 4.78 is 4.04. The first-order valence-electron chi connectivity index (χ1n) is 7.73. The summed E-state index contributed by atoms with van der Waals surface area (Å²) in [6, 6.07) is 2.12. The Hall–Kier alpha value is -1.29. The lowest BCUT2D eigenvalue weighted by molar-refractivity contribution is 0.592. The quantitative estimate of drug-likeness (QED) is 0.761. The van der Waals surface area contributed by atoms with Crippen LogP contribution in [-0.2, 0) is 26.4 Å². The maximum Gasteiger partial charge on any atom is 0.0831 e. The second-order valence-electron chi connectivity index (χ2n) is 5.45. The van der Waals surface area contributed by atoms with Gasteiger partial charge in [-0.05, 0) is 32.3 Å². The lowest BCUT2D eigenvalue weighted by Gasteiger charge is -2.11. The third kappa shape index (κ3) is 3.15. The minimum atomic E-state index is 0.0527. The Labute approximate surface area is 132 Å². The number of aryl methyl sites for hydroxylation is 3. The highest BCUT2D eigenvalue weighted by atomic mass is 35.5. The predicted octanol–water partition coefficient (Wildman–Crippen LogP) is 3.79. The van der Waals surface area contributed by atoms with Crippen molar-refractivity contribution in [1.29, 1.82) is 0 Å². The van der Waals surface area contributed by atoms with Crippen molar-refractivity contribution >= 4 is 11.6 Å². The second kappa shape index (κ2) is 6.65. The molecule has 4 nitrogen and oxygen atoms in total. The minimum Gasteiger partial charge on any atom is -0.270 e. The van der Waals surface area contributed by atoms with Gasteiger partial charge in [0.2, 0.25) is 0 Å². The Balaban J connectivity index is 2.44. The molecule has 0 N–H and O–H groups in total. The molecule has 2 rings (SSSR count). The first kappa shape index (κ1) is 16.1. The Morgan fingerprint density at radius 3 is 2.38 bits per heavy atom. The van der Waals surface area contributed by atoms with Gasteiger partial charge in [-0.3, -0.25) is 9.36 Å². The summed E-state index contributed by atoms with van der Waals surface area (Å²) in [5.74, 6) is 0. The van der Waals surface area contributed by atoms with Gasteiger partial charge >= 0.3 is 0 Å². The van der Waals surface area contributed by atoms with E-state index in [9.17, 15) is 0 Å².